The van der Waals surface area contributed by atoms with Crippen molar-refractivity contribution in [2.24, 2.45) is 0 Å². The molecule has 2 heterocycles. The molecule has 0 unspecified atom stereocenters. The lowest BCUT2D eigenvalue weighted by Crippen LogP contribution is -2.03. The minimum absolute atomic E-state index is 0.245. The molecule has 2 aromatic rings. The van der Waals surface area contributed by atoms with Crippen molar-refractivity contribution in [2.75, 3.05) is 7.11 Å². The zero-order valence-electron chi connectivity index (χ0n) is 9.22. The van der Waals surface area contributed by atoms with Crippen LogP contribution >= 0.6 is 0 Å². The Balaban J connectivity index is 2.78. The van der Waals surface area contributed by atoms with E-state index in [2.05, 4.69) is 14.7 Å². The van der Waals surface area contributed by atoms with Gasteiger partial charge in [0, 0.05) is 5.69 Å². The number of hydrogen-bond donors (Lipinski definition) is 1. The summed E-state index contributed by atoms with van der Waals surface area (Å²) in [6.45, 7) is 3.35. The van der Waals surface area contributed by atoms with Gasteiger partial charge in [0.2, 0.25) is 0 Å². The molecule has 0 fully saturated rings. The van der Waals surface area contributed by atoms with Crippen LogP contribution in [0.15, 0.2) is 6.07 Å². The first-order valence-electron chi connectivity index (χ1n) is 4.78. The van der Waals surface area contributed by atoms with E-state index in [0.717, 1.165) is 0 Å². The number of carbonyl (C=O) groups is 1. The lowest BCUT2D eigenvalue weighted by molar-refractivity contribution is 0.0594. The summed E-state index contributed by atoms with van der Waals surface area (Å²) in [5.41, 5.74) is 1.69. The molecule has 0 aliphatic heterocycles. The van der Waals surface area contributed by atoms with Gasteiger partial charge in [0.25, 0.3) is 0 Å². The fourth-order valence-corrected chi connectivity index (χ4v) is 1.72. The van der Waals surface area contributed by atoms with Gasteiger partial charge < -0.3 is 9.72 Å². The molecule has 0 spiro atoms. The maximum atomic E-state index is 13.7. The van der Waals surface area contributed by atoms with Crippen LogP contribution in [0.25, 0.3) is 11.0 Å². The minimum Gasteiger partial charge on any atom is -0.464 e. The third-order valence-electron chi connectivity index (χ3n) is 2.48. The predicted molar refractivity (Wildman–Crippen MR) is 56.9 cm³/mol. The van der Waals surface area contributed by atoms with Gasteiger partial charge in [0.1, 0.15) is 17.2 Å². The number of esters is 1. The van der Waals surface area contributed by atoms with Crippen LogP contribution in [0.5, 0.6) is 0 Å². The van der Waals surface area contributed by atoms with E-state index in [9.17, 15) is 9.18 Å². The highest BCUT2D eigenvalue weighted by atomic mass is 19.1. The molecular formula is C11H11FN2O2. The van der Waals surface area contributed by atoms with E-state index in [1.165, 1.54) is 13.2 Å². The Morgan fingerprint density at radius 3 is 2.81 bits per heavy atom. The Morgan fingerprint density at radius 1 is 1.50 bits per heavy atom. The monoisotopic (exact) mass is 222 g/mol. The van der Waals surface area contributed by atoms with Crippen LogP contribution < -0.4 is 0 Å². The van der Waals surface area contributed by atoms with Gasteiger partial charge in [0.15, 0.2) is 0 Å². The molecule has 1 N–H and O–H groups in total. The van der Waals surface area contributed by atoms with Gasteiger partial charge in [0.05, 0.1) is 12.5 Å². The van der Waals surface area contributed by atoms with Gasteiger partial charge in [-0.25, -0.2) is 14.2 Å². The number of pyridine rings is 1. The Hall–Kier alpha value is -1.91. The van der Waals surface area contributed by atoms with E-state index in [-0.39, 0.29) is 11.5 Å². The molecule has 0 bridgehead atoms. The van der Waals surface area contributed by atoms with Gasteiger partial charge in [-0.05, 0) is 25.5 Å². The number of aromatic amines is 1. The summed E-state index contributed by atoms with van der Waals surface area (Å²) in [4.78, 5) is 18.3. The Labute approximate surface area is 91.4 Å². The lowest BCUT2D eigenvalue weighted by atomic mass is 10.2. The highest BCUT2D eigenvalue weighted by Crippen LogP contribution is 2.24. The largest absolute Gasteiger partial charge is 0.464 e. The molecule has 2 aromatic heterocycles. The third-order valence-corrected chi connectivity index (χ3v) is 2.48. The van der Waals surface area contributed by atoms with Crippen LogP contribution in [-0.2, 0) is 4.74 Å². The van der Waals surface area contributed by atoms with Gasteiger partial charge in [-0.15, -0.1) is 0 Å². The first-order valence-corrected chi connectivity index (χ1v) is 4.78. The zero-order chi connectivity index (χ0) is 11.9. The average Bonchev–Trinajstić information content (AvgIpc) is 2.54. The summed E-state index contributed by atoms with van der Waals surface area (Å²) in [7, 11) is 1.28. The van der Waals surface area contributed by atoms with E-state index in [1.54, 1.807) is 13.8 Å². The molecule has 0 radical (unpaired) electrons. The second-order valence-corrected chi connectivity index (χ2v) is 3.59. The topological polar surface area (TPSA) is 55.0 Å². The first kappa shape index (κ1) is 10.6. The van der Waals surface area contributed by atoms with Crippen LogP contribution in [0.3, 0.4) is 0 Å². The number of H-pyrrole nitrogens is 1. The van der Waals surface area contributed by atoms with E-state index in [0.29, 0.717) is 22.3 Å². The number of aryl methyl sites for hydroxylation is 2. The number of nitrogens with zero attached hydrogens (tertiary/aromatic N) is 1. The van der Waals surface area contributed by atoms with Gasteiger partial charge in [-0.3, -0.25) is 0 Å². The molecule has 2 rings (SSSR count). The van der Waals surface area contributed by atoms with Crippen molar-refractivity contribution in [3.63, 3.8) is 0 Å². The quantitative estimate of drug-likeness (QED) is 0.752. The number of aromatic nitrogens is 2. The summed E-state index contributed by atoms with van der Waals surface area (Å²) in [6.07, 6.45) is 0. The predicted octanol–water partition coefficient (Wildman–Crippen LogP) is 2.11. The summed E-state index contributed by atoms with van der Waals surface area (Å²) in [6, 6.07) is 1.34. The maximum absolute atomic E-state index is 13.7. The molecule has 84 valence electrons. The van der Waals surface area contributed by atoms with Crippen LogP contribution in [0, 0.1) is 19.7 Å². The molecule has 0 aliphatic carbocycles. The fraction of sp³-hybridized carbons (Fsp3) is 0.273. The molecule has 0 aliphatic rings. The highest BCUT2D eigenvalue weighted by Gasteiger charge is 2.18. The van der Waals surface area contributed by atoms with Crippen molar-refractivity contribution >= 4 is 17.0 Å². The average molecular weight is 222 g/mol. The Bertz CT molecular complexity index is 575. The van der Waals surface area contributed by atoms with Crippen LogP contribution in [-0.4, -0.2) is 23.0 Å². The number of carbonyl (C=O) groups excluding carboxylic acids is 1. The summed E-state index contributed by atoms with van der Waals surface area (Å²) in [5, 5.41) is 0.339. The molecule has 5 heteroatoms. The zero-order valence-corrected chi connectivity index (χ0v) is 9.22. The second-order valence-electron chi connectivity index (χ2n) is 3.59. The highest BCUT2D eigenvalue weighted by molar-refractivity contribution is 5.97. The van der Waals surface area contributed by atoms with Crippen LogP contribution in [0.2, 0.25) is 0 Å². The lowest BCUT2D eigenvalue weighted by Gasteiger charge is -1.97. The van der Waals surface area contributed by atoms with Crippen molar-refractivity contribution in [2.45, 2.75) is 13.8 Å². The normalized spacial score (nSPS) is 10.8. The second kappa shape index (κ2) is 3.59. The van der Waals surface area contributed by atoms with Crippen molar-refractivity contribution < 1.29 is 13.9 Å². The number of methoxy groups -OCH3 is 1. The van der Waals surface area contributed by atoms with E-state index in [4.69, 9.17) is 0 Å². The Kier molecular flexibility index (Phi) is 2.38. The number of rotatable bonds is 1. The number of halogens is 1. The molecule has 0 aromatic carbocycles. The van der Waals surface area contributed by atoms with Gasteiger partial charge in [-0.2, -0.15) is 0 Å². The van der Waals surface area contributed by atoms with Gasteiger partial charge >= 0.3 is 5.97 Å². The van der Waals surface area contributed by atoms with Crippen LogP contribution in [0.1, 0.15) is 21.7 Å². The number of ether oxygens (including phenoxy) is 1. The summed E-state index contributed by atoms with van der Waals surface area (Å²) in [5.74, 6) is -0.904. The van der Waals surface area contributed by atoms with E-state index in [1.807, 2.05) is 0 Å². The van der Waals surface area contributed by atoms with Gasteiger partial charge in [-0.1, -0.05) is 0 Å². The van der Waals surface area contributed by atoms with E-state index >= 15 is 0 Å². The number of hydrogen-bond acceptors (Lipinski definition) is 3. The maximum Gasteiger partial charge on any atom is 0.354 e. The van der Waals surface area contributed by atoms with Crippen molar-refractivity contribution in [3.8, 4) is 0 Å². The minimum atomic E-state index is -0.521. The molecular weight excluding hydrogens is 211 g/mol. The SMILES string of the molecule is COC(=O)c1[nH]c2nc(C)cc(F)c2c1C. The summed E-state index contributed by atoms with van der Waals surface area (Å²) >= 11 is 0. The first-order chi connectivity index (χ1) is 7.54. The number of nitrogens with one attached hydrogen (secondary N) is 1. The van der Waals surface area contributed by atoms with Crippen molar-refractivity contribution in [1.82, 2.24) is 9.97 Å². The smallest absolute Gasteiger partial charge is 0.354 e. The summed E-state index contributed by atoms with van der Waals surface area (Å²) < 4.78 is 18.3. The Morgan fingerprint density at radius 2 is 2.19 bits per heavy atom. The van der Waals surface area contributed by atoms with Crippen molar-refractivity contribution in [3.05, 3.63) is 28.8 Å². The molecule has 4 nitrogen and oxygen atoms in total. The molecule has 16 heavy (non-hydrogen) atoms. The fourth-order valence-electron chi connectivity index (χ4n) is 1.72. The standard InChI is InChI=1S/C11H11FN2O2/c1-5-4-7(12)8-6(2)9(11(15)16-3)14-10(8)13-5/h4H,1-3H3,(H,13,14). The molecule has 0 amide bonds. The number of fused-ring (bicyclic) bond motifs is 1. The molecule has 0 saturated heterocycles. The third kappa shape index (κ3) is 1.44. The molecule has 0 saturated carbocycles. The van der Waals surface area contributed by atoms with E-state index < -0.39 is 5.97 Å². The van der Waals surface area contributed by atoms with Crippen molar-refractivity contribution in [1.29, 1.82) is 0 Å². The van der Waals surface area contributed by atoms with Crippen LogP contribution in [0.4, 0.5) is 4.39 Å². The molecule has 0 atom stereocenters.